The Bertz CT molecular complexity index is 1800. The lowest BCUT2D eigenvalue weighted by atomic mass is 9.95. The van der Waals surface area contributed by atoms with Gasteiger partial charge in [0.25, 0.3) is 0 Å². The van der Waals surface area contributed by atoms with Crippen LogP contribution in [0.2, 0.25) is 5.02 Å². The molecule has 3 aliphatic heterocycles. The Kier molecular flexibility index (Phi) is 9.34. The number of hydrogen-bond donors (Lipinski definition) is 2. The largest absolute Gasteiger partial charge is 0.466 e. The van der Waals surface area contributed by atoms with E-state index >= 15 is 0 Å². The number of nitrogens with zero attached hydrogens (tertiary/aromatic N) is 5. The van der Waals surface area contributed by atoms with E-state index in [0.717, 1.165) is 11.1 Å². The zero-order valence-electron chi connectivity index (χ0n) is 26.2. The topological polar surface area (TPSA) is 111 Å². The zero-order valence-corrected chi connectivity index (χ0v) is 27.7. The highest BCUT2D eigenvalue weighted by Crippen LogP contribution is 2.37. The van der Waals surface area contributed by atoms with Gasteiger partial charge in [-0.15, -0.1) is 11.3 Å². The minimum absolute atomic E-state index is 0.0456. The number of hydrogen-bond acceptors (Lipinski definition) is 9. The van der Waals surface area contributed by atoms with Gasteiger partial charge in [-0.25, -0.2) is 19.0 Å². The van der Waals surface area contributed by atoms with Crippen molar-refractivity contribution in [2.45, 2.75) is 31.5 Å². The number of halogens is 2. The third-order valence-electron chi connectivity index (χ3n) is 8.41. The van der Waals surface area contributed by atoms with E-state index in [1.54, 1.807) is 24.9 Å². The normalized spacial score (nSPS) is 20.0. The Hall–Kier alpha value is -4.28. The molecule has 2 aromatic carbocycles. The third-order valence-corrected chi connectivity index (χ3v) is 9.52. The first-order valence-electron chi connectivity index (χ1n) is 15.1. The molecule has 3 aliphatic rings. The Balaban J connectivity index is 1.19. The number of nitrogens with one attached hydrogen (secondary N) is 1. The standard InChI is InChI=1S/C34H34ClFN6O4S/c1-34(2,45)22-8-6-21(7-9-22)5-4-13-41-19-24-18-40(14-15-42(24)33(41)44)20-27-28(32(43)46-3)29(25-11-10-23(36)17-26(25)35)39-30(38-27)31-37-12-16-47-31/h6-12,16-17,24,29,45H,13-15,18-20H2,1-3H3,(H,38,39)/t24-,29-/m0/s1. The average Bonchev–Trinajstić information content (AvgIpc) is 3.69. The Morgan fingerprint density at radius 3 is 2.68 bits per heavy atom. The lowest BCUT2D eigenvalue weighted by molar-refractivity contribution is -0.136. The number of aromatic nitrogens is 1. The second-order valence-corrected chi connectivity index (χ2v) is 13.4. The molecule has 0 aliphatic carbocycles. The number of aliphatic imine (C=N–C) groups is 1. The molecule has 2 N–H and O–H groups in total. The fourth-order valence-corrected chi connectivity index (χ4v) is 6.87. The van der Waals surface area contributed by atoms with Crippen LogP contribution in [0.5, 0.6) is 0 Å². The summed E-state index contributed by atoms with van der Waals surface area (Å²) in [5.41, 5.74) is 2.02. The molecule has 0 radical (unpaired) electrons. The first-order chi connectivity index (χ1) is 22.5. The molecule has 47 heavy (non-hydrogen) atoms. The van der Waals surface area contributed by atoms with Gasteiger partial charge in [0.2, 0.25) is 0 Å². The maximum atomic E-state index is 14.0. The second-order valence-electron chi connectivity index (χ2n) is 12.1. The van der Waals surface area contributed by atoms with Gasteiger partial charge in [-0.3, -0.25) is 9.89 Å². The monoisotopic (exact) mass is 676 g/mol. The lowest BCUT2D eigenvalue weighted by Crippen LogP contribution is -2.53. The summed E-state index contributed by atoms with van der Waals surface area (Å²) in [6.07, 6.45) is 1.67. The van der Waals surface area contributed by atoms with E-state index in [1.165, 1.54) is 36.6 Å². The molecule has 2 amide bonds. The van der Waals surface area contributed by atoms with Crippen LogP contribution in [0, 0.1) is 17.7 Å². The fourth-order valence-electron chi connectivity index (χ4n) is 6.01. The summed E-state index contributed by atoms with van der Waals surface area (Å²) < 4.78 is 19.2. The van der Waals surface area contributed by atoms with Gasteiger partial charge >= 0.3 is 12.0 Å². The van der Waals surface area contributed by atoms with Crippen LogP contribution in [0.4, 0.5) is 9.18 Å². The molecule has 0 bridgehead atoms. The molecule has 1 aromatic heterocycles. The molecular formula is C34H34ClFN6O4S. The molecule has 4 heterocycles. The molecule has 0 spiro atoms. The first-order valence-corrected chi connectivity index (χ1v) is 16.4. The number of thiazole rings is 1. The summed E-state index contributed by atoms with van der Waals surface area (Å²) in [4.78, 5) is 41.5. The van der Waals surface area contributed by atoms with Crippen LogP contribution in [0.1, 0.15) is 41.6 Å². The zero-order chi connectivity index (χ0) is 33.3. The molecule has 0 unspecified atom stereocenters. The number of carbonyl (C=O) groups is 2. The van der Waals surface area contributed by atoms with Crippen molar-refractivity contribution in [3.8, 4) is 11.8 Å². The first kappa shape index (κ1) is 32.7. The van der Waals surface area contributed by atoms with Gasteiger partial charge in [0.1, 0.15) is 11.9 Å². The van der Waals surface area contributed by atoms with E-state index in [4.69, 9.17) is 21.3 Å². The van der Waals surface area contributed by atoms with Crippen molar-refractivity contribution in [3.05, 3.63) is 97.8 Å². The van der Waals surface area contributed by atoms with Crippen molar-refractivity contribution in [3.63, 3.8) is 0 Å². The highest BCUT2D eigenvalue weighted by molar-refractivity contribution is 7.11. The van der Waals surface area contributed by atoms with E-state index in [-0.39, 0.29) is 22.7 Å². The molecule has 0 saturated carbocycles. The van der Waals surface area contributed by atoms with Gasteiger partial charge in [0.05, 0.1) is 30.9 Å². The van der Waals surface area contributed by atoms with Crippen LogP contribution in [0.25, 0.3) is 0 Å². The number of carbonyl (C=O) groups excluding carboxylic acids is 2. The molecule has 6 rings (SSSR count). The van der Waals surface area contributed by atoms with Crippen LogP contribution in [0.15, 0.2) is 70.3 Å². The number of amides is 2. The maximum absolute atomic E-state index is 14.0. The van der Waals surface area contributed by atoms with Crippen LogP contribution in [-0.4, -0.2) is 95.0 Å². The highest BCUT2D eigenvalue weighted by Gasteiger charge is 2.41. The number of benzene rings is 2. The van der Waals surface area contributed by atoms with Gasteiger partial charge in [-0.05, 0) is 43.7 Å². The van der Waals surface area contributed by atoms with Gasteiger partial charge in [-0.2, -0.15) is 0 Å². The predicted molar refractivity (Wildman–Crippen MR) is 177 cm³/mol. The summed E-state index contributed by atoms with van der Waals surface area (Å²) in [5.74, 6) is 5.64. The fraction of sp³-hybridized carbons (Fsp3) is 0.353. The van der Waals surface area contributed by atoms with Crippen molar-refractivity contribution in [1.29, 1.82) is 0 Å². The van der Waals surface area contributed by atoms with Crippen LogP contribution >= 0.6 is 22.9 Å². The minimum Gasteiger partial charge on any atom is -0.466 e. The van der Waals surface area contributed by atoms with Crippen molar-refractivity contribution in [2.24, 2.45) is 4.99 Å². The van der Waals surface area contributed by atoms with Crippen LogP contribution in [0.3, 0.4) is 0 Å². The second kappa shape index (κ2) is 13.4. The van der Waals surface area contributed by atoms with Crippen molar-refractivity contribution >= 4 is 40.8 Å². The van der Waals surface area contributed by atoms with Crippen molar-refractivity contribution in [2.75, 3.05) is 46.4 Å². The molecule has 13 heteroatoms. The SMILES string of the molecule is COC(=O)C1=C(CN2CCN3C(=O)N(CC#Cc4ccc(C(C)(C)O)cc4)C[C@@H]3C2)NC(c2nccs2)=N[C@H]1c1ccc(F)cc1Cl. The summed E-state index contributed by atoms with van der Waals surface area (Å²) in [7, 11) is 1.31. The molecule has 2 saturated heterocycles. The number of esters is 1. The smallest absolute Gasteiger partial charge is 0.338 e. The van der Waals surface area contributed by atoms with Gasteiger partial charge < -0.3 is 25.0 Å². The van der Waals surface area contributed by atoms with Gasteiger partial charge in [0, 0.05) is 66.1 Å². The third kappa shape index (κ3) is 7.04. The molecule has 2 fully saturated rings. The number of urea groups is 1. The number of ether oxygens (including phenoxy) is 1. The van der Waals surface area contributed by atoms with Gasteiger partial charge in [-0.1, -0.05) is 41.6 Å². The molecule has 10 nitrogen and oxygen atoms in total. The Morgan fingerprint density at radius 1 is 1.21 bits per heavy atom. The number of aliphatic hydroxyl groups is 1. The minimum atomic E-state index is -0.924. The Morgan fingerprint density at radius 2 is 2.00 bits per heavy atom. The summed E-state index contributed by atoms with van der Waals surface area (Å²) in [6, 6.07) is 10.5. The van der Waals surface area contributed by atoms with E-state index in [0.29, 0.717) is 61.4 Å². The molecule has 244 valence electrons. The Labute approximate surface area is 281 Å². The summed E-state index contributed by atoms with van der Waals surface area (Å²) in [6.45, 7) is 6.33. The highest BCUT2D eigenvalue weighted by atomic mass is 35.5. The number of fused-ring (bicyclic) bond motifs is 1. The van der Waals surface area contributed by atoms with Crippen molar-refractivity contribution in [1.82, 2.24) is 25.0 Å². The lowest BCUT2D eigenvalue weighted by Gasteiger charge is -2.38. The van der Waals surface area contributed by atoms with Crippen LogP contribution in [-0.2, 0) is 15.1 Å². The number of piperazine rings is 1. The number of amidine groups is 1. The average molecular weight is 677 g/mol. The summed E-state index contributed by atoms with van der Waals surface area (Å²) in [5, 5.41) is 16.1. The van der Waals surface area contributed by atoms with E-state index in [1.807, 2.05) is 34.5 Å². The molecular weight excluding hydrogens is 643 g/mol. The van der Waals surface area contributed by atoms with E-state index < -0.39 is 23.4 Å². The van der Waals surface area contributed by atoms with E-state index in [2.05, 4.69) is 27.0 Å². The predicted octanol–water partition coefficient (Wildman–Crippen LogP) is 4.15. The molecule has 3 aromatic rings. The van der Waals surface area contributed by atoms with E-state index in [9.17, 15) is 19.1 Å². The quantitative estimate of drug-likeness (QED) is 0.286. The molecule has 2 atom stereocenters. The van der Waals surface area contributed by atoms with Crippen molar-refractivity contribution < 1.29 is 23.8 Å². The number of methoxy groups -OCH3 is 1. The van der Waals surface area contributed by atoms with Crippen LogP contribution < -0.4 is 5.32 Å². The summed E-state index contributed by atoms with van der Waals surface area (Å²) >= 11 is 7.88. The van der Waals surface area contributed by atoms with Gasteiger partial charge in [0.15, 0.2) is 10.8 Å². The number of rotatable bonds is 7. The maximum Gasteiger partial charge on any atom is 0.338 e.